The molecule has 0 aliphatic heterocycles. The Labute approximate surface area is 160 Å². The van der Waals surface area contributed by atoms with Crippen molar-refractivity contribution in [2.24, 2.45) is 0 Å². The number of nitrogens with two attached hydrogens (primary N) is 2. The van der Waals surface area contributed by atoms with Crippen molar-refractivity contribution in [3.05, 3.63) is 71.5 Å². The molecule has 3 aromatic rings. The molecule has 29 heavy (non-hydrogen) atoms. The van der Waals surface area contributed by atoms with Gasteiger partial charge in [-0.3, -0.25) is 0 Å². The number of hydrogen-bond acceptors (Lipinski definition) is 2. The normalized spacial score (nSPS) is 12.2. The molecular formula is C20H13F7N2. The van der Waals surface area contributed by atoms with E-state index in [1.165, 1.54) is 12.1 Å². The van der Waals surface area contributed by atoms with Crippen LogP contribution < -0.4 is 11.5 Å². The molecule has 0 aliphatic rings. The highest BCUT2D eigenvalue weighted by Crippen LogP contribution is 2.44. The average Bonchev–Trinajstić information content (AvgIpc) is 2.60. The summed E-state index contributed by atoms with van der Waals surface area (Å²) < 4.78 is 95.3. The molecule has 9 heteroatoms. The van der Waals surface area contributed by atoms with Crippen LogP contribution in [0, 0.1) is 5.82 Å². The lowest BCUT2D eigenvalue weighted by atomic mass is 9.91. The molecule has 0 atom stereocenters. The van der Waals surface area contributed by atoms with Crippen LogP contribution in [-0.2, 0) is 12.4 Å². The Morgan fingerprint density at radius 1 is 0.552 bits per heavy atom. The number of halogens is 7. The third-order valence-electron chi connectivity index (χ3n) is 4.27. The van der Waals surface area contributed by atoms with Gasteiger partial charge >= 0.3 is 12.4 Å². The molecule has 0 unspecified atom stereocenters. The number of rotatable bonds is 2. The second-order valence-corrected chi connectivity index (χ2v) is 6.30. The van der Waals surface area contributed by atoms with E-state index in [0.717, 1.165) is 30.3 Å². The maximum Gasteiger partial charge on any atom is 0.417 e. The predicted octanol–water partition coefficient (Wildman–Crippen LogP) is 6.36. The highest BCUT2D eigenvalue weighted by molar-refractivity contribution is 5.78. The van der Waals surface area contributed by atoms with Crippen molar-refractivity contribution in [2.45, 2.75) is 12.4 Å². The lowest BCUT2D eigenvalue weighted by Crippen LogP contribution is -2.12. The van der Waals surface area contributed by atoms with Crippen LogP contribution in [0.25, 0.3) is 22.3 Å². The summed E-state index contributed by atoms with van der Waals surface area (Å²) >= 11 is 0. The Morgan fingerprint density at radius 3 is 1.52 bits per heavy atom. The Hall–Kier alpha value is -3.23. The Bertz CT molecular complexity index is 1070. The molecule has 0 bridgehead atoms. The highest BCUT2D eigenvalue weighted by Gasteiger charge is 2.38. The van der Waals surface area contributed by atoms with E-state index in [1.807, 2.05) is 0 Å². The van der Waals surface area contributed by atoms with E-state index in [4.69, 9.17) is 11.5 Å². The van der Waals surface area contributed by atoms with Crippen LogP contribution in [0.3, 0.4) is 0 Å². The van der Waals surface area contributed by atoms with E-state index >= 15 is 0 Å². The van der Waals surface area contributed by atoms with Crippen LogP contribution >= 0.6 is 0 Å². The maximum absolute atomic E-state index is 14.1. The van der Waals surface area contributed by atoms with Crippen molar-refractivity contribution in [3.8, 4) is 22.3 Å². The molecule has 0 aromatic heterocycles. The fraction of sp³-hybridized carbons (Fsp3) is 0.100. The smallest absolute Gasteiger partial charge is 0.399 e. The Kier molecular flexibility index (Phi) is 4.94. The first-order valence-corrected chi connectivity index (χ1v) is 8.11. The number of nitrogen functional groups attached to an aromatic ring is 2. The van der Waals surface area contributed by atoms with Crippen LogP contribution in [0.4, 0.5) is 42.1 Å². The molecule has 0 heterocycles. The minimum Gasteiger partial charge on any atom is -0.399 e. The first-order valence-electron chi connectivity index (χ1n) is 8.11. The zero-order chi connectivity index (χ0) is 21.6. The molecule has 152 valence electrons. The van der Waals surface area contributed by atoms with Gasteiger partial charge in [0, 0.05) is 16.9 Å². The van der Waals surface area contributed by atoms with Gasteiger partial charge in [-0.15, -0.1) is 0 Å². The van der Waals surface area contributed by atoms with Crippen molar-refractivity contribution in [2.75, 3.05) is 11.5 Å². The number of benzene rings is 3. The monoisotopic (exact) mass is 414 g/mol. The molecule has 3 rings (SSSR count). The van der Waals surface area contributed by atoms with E-state index in [9.17, 15) is 30.7 Å². The molecule has 3 aromatic carbocycles. The second-order valence-electron chi connectivity index (χ2n) is 6.30. The van der Waals surface area contributed by atoms with Gasteiger partial charge in [-0.2, -0.15) is 26.3 Å². The summed E-state index contributed by atoms with van der Waals surface area (Å²) in [5.74, 6) is -0.852. The summed E-state index contributed by atoms with van der Waals surface area (Å²) in [5.41, 5.74) is 6.35. The SMILES string of the molecule is Nc1ccc(-c2ccc(-c3ccc(N)cc3C(F)(F)F)c(C(F)(F)F)c2)c(F)c1. The molecule has 0 aliphatic carbocycles. The maximum atomic E-state index is 14.1. The molecule has 4 N–H and O–H groups in total. The number of hydrogen-bond donors (Lipinski definition) is 2. The van der Waals surface area contributed by atoms with E-state index in [2.05, 4.69) is 0 Å². The van der Waals surface area contributed by atoms with Crippen LogP contribution in [0.15, 0.2) is 54.6 Å². The van der Waals surface area contributed by atoms with Gasteiger partial charge in [0.1, 0.15) is 5.82 Å². The summed E-state index contributed by atoms with van der Waals surface area (Å²) in [5, 5.41) is 0. The van der Waals surface area contributed by atoms with E-state index < -0.39 is 40.4 Å². The summed E-state index contributed by atoms with van der Waals surface area (Å²) in [7, 11) is 0. The van der Waals surface area contributed by atoms with Gasteiger partial charge in [0.05, 0.1) is 11.1 Å². The average molecular weight is 414 g/mol. The van der Waals surface area contributed by atoms with Gasteiger partial charge in [0.15, 0.2) is 0 Å². The van der Waals surface area contributed by atoms with E-state index in [0.29, 0.717) is 12.1 Å². The molecule has 0 saturated heterocycles. The fourth-order valence-corrected chi connectivity index (χ4v) is 2.98. The summed E-state index contributed by atoms with van der Waals surface area (Å²) in [4.78, 5) is 0. The number of alkyl halides is 6. The van der Waals surface area contributed by atoms with Gasteiger partial charge in [-0.1, -0.05) is 18.2 Å². The zero-order valence-electron chi connectivity index (χ0n) is 14.5. The topological polar surface area (TPSA) is 52.0 Å². The predicted molar refractivity (Wildman–Crippen MR) is 96.1 cm³/mol. The highest BCUT2D eigenvalue weighted by atomic mass is 19.4. The molecule has 0 fully saturated rings. The van der Waals surface area contributed by atoms with Crippen molar-refractivity contribution in [3.63, 3.8) is 0 Å². The second kappa shape index (κ2) is 6.98. The van der Waals surface area contributed by atoms with E-state index in [-0.39, 0.29) is 22.5 Å². The zero-order valence-corrected chi connectivity index (χ0v) is 14.5. The summed E-state index contributed by atoms with van der Waals surface area (Å²) in [6, 6.07) is 8.60. The van der Waals surface area contributed by atoms with Crippen LogP contribution in [-0.4, -0.2) is 0 Å². The van der Waals surface area contributed by atoms with Crippen molar-refractivity contribution in [1.82, 2.24) is 0 Å². The molecule has 0 saturated carbocycles. The molecule has 2 nitrogen and oxygen atoms in total. The minimum absolute atomic E-state index is 0.0793. The Morgan fingerprint density at radius 2 is 1.00 bits per heavy atom. The van der Waals surface area contributed by atoms with Gasteiger partial charge in [-0.25, -0.2) is 4.39 Å². The van der Waals surface area contributed by atoms with Gasteiger partial charge < -0.3 is 11.5 Å². The molecule has 0 radical (unpaired) electrons. The van der Waals surface area contributed by atoms with Crippen molar-refractivity contribution < 1.29 is 30.7 Å². The van der Waals surface area contributed by atoms with Crippen molar-refractivity contribution >= 4 is 11.4 Å². The van der Waals surface area contributed by atoms with Crippen LogP contribution in [0.5, 0.6) is 0 Å². The van der Waals surface area contributed by atoms with E-state index in [1.54, 1.807) is 0 Å². The molecule has 0 spiro atoms. The fourth-order valence-electron chi connectivity index (χ4n) is 2.98. The van der Waals surface area contributed by atoms with Gasteiger partial charge in [0.2, 0.25) is 0 Å². The standard InChI is InChI=1S/C20H13F7N2/c21-18-9-12(29)2-5-13(18)10-1-4-14(16(7-10)19(22,23)24)15-6-3-11(28)8-17(15)20(25,26)27/h1-9H,28-29H2. The minimum atomic E-state index is -4.99. The largest absolute Gasteiger partial charge is 0.417 e. The lowest BCUT2D eigenvalue weighted by molar-refractivity contribution is -0.139. The third kappa shape index (κ3) is 4.13. The first-order chi connectivity index (χ1) is 13.4. The molecule has 0 amide bonds. The summed E-state index contributed by atoms with van der Waals surface area (Å²) in [6.07, 6.45) is -9.91. The lowest BCUT2D eigenvalue weighted by Gasteiger charge is -2.19. The van der Waals surface area contributed by atoms with Crippen LogP contribution in [0.1, 0.15) is 11.1 Å². The van der Waals surface area contributed by atoms with Gasteiger partial charge in [-0.05, 0) is 53.1 Å². The number of anilines is 2. The van der Waals surface area contributed by atoms with Crippen LogP contribution in [0.2, 0.25) is 0 Å². The molecular weight excluding hydrogens is 401 g/mol. The quantitative estimate of drug-likeness (QED) is 0.379. The van der Waals surface area contributed by atoms with Crippen molar-refractivity contribution in [1.29, 1.82) is 0 Å². The summed E-state index contributed by atoms with van der Waals surface area (Å²) in [6.45, 7) is 0. The first kappa shape index (κ1) is 20.5. The third-order valence-corrected chi connectivity index (χ3v) is 4.27. The van der Waals surface area contributed by atoms with Gasteiger partial charge in [0.25, 0.3) is 0 Å². The Balaban J connectivity index is 2.27.